The molecule has 1 aliphatic rings. The molecule has 54 valence electrons. The molecule has 0 unspecified atom stereocenters. The summed E-state index contributed by atoms with van der Waals surface area (Å²) in [7, 11) is 0. The summed E-state index contributed by atoms with van der Waals surface area (Å²) in [5, 5.41) is 8.25. The van der Waals surface area contributed by atoms with Crippen LogP contribution in [0.5, 0.6) is 0 Å². The summed E-state index contributed by atoms with van der Waals surface area (Å²) in [6.45, 7) is -4.97. The maximum absolute atomic E-state index is 11.6. The van der Waals surface area contributed by atoms with Gasteiger partial charge in [0.1, 0.15) is 0 Å². The summed E-state index contributed by atoms with van der Waals surface area (Å²) in [5.41, 5.74) is 0. The van der Waals surface area contributed by atoms with Gasteiger partial charge in [0.15, 0.2) is 0 Å². The Balaban J connectivity index is 0.000000810. The van der Waals surface area contributed by atoms with E-state index in [-0.39, 0.29) is 14.5 Å². The van der Waals surface area contributed by atoms with Gasteiger partial charge in [-0.25, -0.2) is 0 Å². The lowest BCUT2D eigenvalue weighted by Crippen LogP contribution is -2.16. The van der Waals surface area contributed by atoms with Crippen molar-refractivity contribution in [1.29, 1.82) is 0 Å². The van der Waals surface area contributed by atoms with E-state index in [1.54, 1.807) is 0 Å². The molecule has 9 heavy (non-hydrogen) atoms. The highest BCUT2D eigenvalue weighted by molar-refractivity contribution is 6.61. The smallest absolute Gasteiger partial charge is 0.449 e. The van der Waals surface area contributed by atoms with E-state index in [2.05, 4.69) is 0 Å². The SMILES string of the molecule is OC[C@@H]1C[C@H]1[B-](F)(F)F.[H+]. The third-order valence-electron chi connectivity index (χ3n) is 1.70. The highest BCUT2D eigenvalue weighted by atomic mass is 19.4. The maximum atomic E-state index is 11.6. The van der Waals surface area contributed by atoms with Crippen molar-refractivity contribution < 1.29 is 19.5 Å². The largest absolute Gasteiger partial charge is 1.00 e. The van der Waals surface area contributed by atoms with Crippen LogP contribution >= 0.6 is 0 Å². The van der Waals surface area contributed by atoms with Crippen molar-refractivity contribution in [2.45, 2.75) is 12.2 Å². The first-order chi connectivity index (χ1) is 4.05. The van der Waals surface area contributed by atoms with Crippen LogP contribution < -0.4 is 0 Å². The third-order valence-corrected chi connectivity index (χ3v) is 1.70. The van der Waals surface area contributed by atoms with E-state index >= 15 is 0 Å². The Hall–Kier alpha value is -0.185. The van der Waals surface area contributed by atoms with Crippen LogP contribution in [0.4, 0.5) is 12.9 Å². The highest BCUT2D eigenvalue weighted by Crippen LogP contribution is 2.52. The van der Waals surface area contributed by atoms with Crippen LogP contribution in [0.25, 0.3) is 0 Å². The predicted octanol–water partition coefficient (Wildman–Crippen LogP) is 1.33. The molecule has 0 bridgehead atoms. The van der Waals surface area contributed by atoms with Gasteiger partial charge in [0.25, 0.3) is 0 Å². The first kappa shape index (κ1) is 6.93. The topological polar surface area (TPSA) is 20.2 Å². The summed E-state index contributed by atoms with van der Waals surface area (Å²) in [6, 6.07) is 0. The molecule has 0 heterocycles. The molecular weight excluding hydrogens is 132 g/mol. The molecule has 1 aliphatic carbocycles. The molecule has 1 saturated carbocycles. The van der Waals surface area contributed by atoms with Crippen molar-refractivity contribution >= 4 is 6.98 Å². The Morgan fingerprint density at radius 1 is 1.56 bits per heavy atom. The van der Waals surface area contributed by atoms with Gasteiger partial charge in [0.2, 0.25) is 0 Å². The van der Waals surface area contributed by atoms with E-state index in [1.807, 2.05) is 0 Å². The first-order valence-electron chi connectivity index (χ1n) is 2.86. The molecule has 0 aromatic heterocycles. The number of aliphatic hydroxyl groups is 1. The Labute approximate surface area is 52.4 Å². The van der Waals surface area contributed by atoms with Gasteiger partial charge in [-0.3, -0.25) is 0 Å². The number of halogens is 3. The fraction of sp³-hybridized carbons (Fsp3) is 1.00. The average Bonchev–Trinajstić information content (AvgIpc) is 2.39. The summed E-state index contributed by atoms with van der Waals surface area (Å²) in [6.07, 6.45) is 0.139. The normalized spacial score (nSPS) is 34.7. The molecule has 0 spiro atoms. The van der Waals surface area contributed by atoms with Crippen molar-refractivity contribution in [3.8, 4) is 0 Å². The number of hydrogen-bond acceptors (Lipinski definition) is 1. The quantitative estimate of drug-likeness (QED) is 0.573. The van der Waals surface area contributed by atoms with Crippen molar-refractivity contribution in [2.75, 3.05) is 6.61 Å². The van der Waals surface area contributed by atoms with Gasteiger partial charge >= 0.3 is 8.40 Å². The standard InChI is InChI=1S/C4H7BF3O/c6-5(7,8)4-1-3(4)2-9/h3-4,9H,1-2H2/q-1/p+1/t3-,4+/m0/s1. The number of rotatable bonds is 2. The Morgan fingerprint density at radius 3 is 2.22 bits per heavy atom. The zero-order valence-electron chi connectivity index (χ0n) is 5.73. The molecule has 0 radical (unpaired) electrons. The second-order valence-corrected chi connectivity index (χ2v) is 2.47. The molecule has 0 aliphatic heterocycles. The Bertz CT molecular complexity index is 118. The van der Waals surface area contributed by atoms with Gasteiger partial charge in [0.05, 0.1) is 0 Å². The summed E-state index contributed by atoms with van der Waals surface area (Å²) < 4.78 is 34.9. The lowest BCUT2D eigenvalue weighted by Gasteiger charge is -2.11. The van der Waals surface area contributed by atoms with E-state index < -0.39 is 18.7 Å². The van der Waals surface area contributed by atoms with Crippen LogP contribution in [-0.2, 0) is 0 Å². The van der Waals surface area contributed by atoms with Crippen molar-refractivity contribution in [2.24, 2.45) is 5.92 Å². The fourth-order valence-electron chi connectivity index (χ4n) is 0.944. The molecule has 0 aromatic carbocycles. The van der Waals surface area contributed by atoms with E-state index in [0.717, 1.165) is 0 Å². The van der Waals surface area contributed by atoms with Crippen LogP contribution in [0.1, 0.15) is 7.85 Å². The minimum absolute atomic E-state index is 0. The molecule has 1 rings (SSSR count). The average molecular weight is 140 g/mol. The molecule has 0 amide bonds. The van der Waals surface area contributed by atoms with Crippen molar-refractivity contribution in [3.63, 3.8) is 0 Å². The van der Waals surface area contributed by atoms with Crippen LogP contribution in [0.2, 0.25) is 5.82 Å². The Kier molecular flexibility index (Phi) is 1.46. The molecule has 5 heteroatoms. The van der Waals surface area contributed by atoms with E-state index in [1.165, 1.54) is 0 Å². The lowest BCUT2D eigenvalue weighted by molar-refractivity contribution is 0.273. The molecule has 0 aromatic rings. The van der Waals surface area contributed by atoms with Gasteiger partial charge in [-0.15, -0.1) is 0 Å². The van der Waals surface area contributed by atoms with Crippen molar-refractivity contribution in [3.05, 3.63) is 0 Å². The van der Waals surface area contributed by atoms with Crippen LogP contribution in [-0.4, -0.2) is 18.7 Å². The van der Waals surface area contributed by atoms with Gasteiger partial charge < -0.3 is 18.1 Å². The van der Waals surface area contributed by atoms with Gasteiger partial charge in [-0.2, -0.15) is 0 Å². The fourth-order valence-corrected chi connectivity index (χ4v) is 0.944. The minimum atomic E-state index is -4.66. The Morgan fingerprint density at radius 2 is 2.11 bits per heavy atom. The zero-order valence-corrected chi connectivity index (χ0v) is 4.73. The van der Waals surface area contributed by atoms with Crippen molar-refractivity contribution in [1.82, 2.24) is 0 Å². The number of hydrogen-bond donors (Lipinski definition) is 1. The number of aliphatic hydroxyl groups excluding tert-OH is 1. The second-order valence-electron chi connectivity index (χ2n) is 2.47. The van der Waals surface area contributed by atoms with Crippen LogP contribution in [0, 0.1) is 5.92 Å². The monoisotopic (exact) mass is 140 g/mol. The summed E-state index contributed by atoms with van der Waals surface area (Å²) in [5.74, 6) is -1.64. The molecule has 1 fully saturated rings. The highest BCUT2D eigenvalue weighted by Gasteiger charge is 2.49. The van der Waals surface area contributed by atoms with Gasteiger partial charge in [-0.1, -0.05) is 12.2 Å². The predicted molar refractivity (Wildman–Crippen MR) is 29.1 cm³/mol. The summed E-state index contributed by atoms with van der Waals surface area (Å²) >= 11 is 0. The molecular formula is C4H8BF3O. The second kappa shape index (κ2) is 1.90. The van der Waals surface area contributed by atoms with Crippen LogP contribution in [0.15, 0.2) is 0 Å². The van der Waals surface area contributed by atoms with Gasteiger partial charge in [0, 0.05) is 6.61 Å². The van der Waals surface area contributed by atoms with Crippen LogP contribution in [0.3, 0.4) is 0 Å². The van der Waals surface area contributed by atoms with Gasteiger partial charge in [-0.05, 0) is 5.92 Å². The maximum Gasteiger partial charge on any atom is 1.00 e. The lowest BCUT2D eigenvalue weighted by atomic mass is 9.82. The molecule has 1 nitrogen and oxygen atoms in total. The van der Waals surface area contributed by atoms with E-state index in [9.17, 15) is 12.9 Å². The molecule has 2 atom stereocenters. The van der Waals surface area contributed by atoms with E-state index in [0.29, 0.717) is 0 Å². The molecule has 0 saturated heterocycles. The molecule has 1 N–H and O–H groups in total. The first-order valence-corrected chi connectivity index (χ1v) is 2.86. The van der Waals surface area contributed by atoms with E-state index in [4.69, 9.17) is 5.11 Å². The summed E-state index contributed by atoms with van der Waals surface area (Å²) in [4.78, 5) is 0. The third kappa shape index (κ3) is 1.38. The minimum Gasteiger partial charge on any atom is -0.449 e. The zero-order chi connectivity index (χ0) is 7.07.